The second-order valence-electron chi connectivity index (χ2n) is 20.2. The van der Waals surface area contributed by atoms with Gasteiger partial charge in [-0.05, 0) is 238 Å². The van der Waals surface area contributed by atoms with Crippen molar-refractivity contribution in [1.82, 2.24) is 0 Å². The molecule has 0 bridgehead atoms. The van der Waals surface area contributed by atoms with Gasteiger partial charge in [-0.15, -0.1) is 22.2 Å². The van der Waals surface area contributed by atoms with Crippen LogP contribution in [-0.4, -0.2) is 14.8 Å². The molecule has 1 saturated heterocycles. The molecule has 1 fully saturated rings. The van der Waals surface area contributed by atoms with Crippen LogP contribution in [0.15, 0.2) is 16.7 Å². The van der Waals surface area contributed by atoms with Gasteiger partial charge < -0.3 is 0 Å². The Hall–Kier alpha value is -2.11. The highest BCUT2D eigenvalue weighted by atomic mass is 35.7. The van der Waals surface area contributed by atoms with E-state index in [2.05, 4.69) is 101 Å². The molecule has 0 spiro atoms. The minimum Gasteiger partial charge on any atom is -0.146 e. The number of fused-ring (bicyclic) bond motifs is 6. The maximum atomic E-state index is 5.87. The van der Waals surface area contributed by atoms with Gasteiger partial charge in [0.1, 0.15) is 0 Å². The van der Waals surface area contributed by atoms with Crippen LogP contribution in [-0.2, 0) is 44.9 Å². The van der Waals surface area contributed by atoms with Crippen molar-refractivity contribution in [2.75, 3.05) is 0 Å². The van der Waals surface area contributed by atoms with Crippen LogP contribution in [0.25, 0.3) is 18.2 Å². The second-order valence-corrected chi connectivity index (χ2v) is 32.9. The lowest BCUT2D eigenvalue weighted by atomic mass is 9.90. The van der Waals surface area contributed by atoms with E-state index in [1.54, 1.807) is 111 Å². The molecular weight excluding hydrogens is 776 g/mol. The first-order valence-electron chi connectivity index (χ1n) is 23.4. The third-order valence-corrected chi connectivity index (χ3v) is 27.7. The Morgan fingerprint density at radius 1 is 0.517 bits per heavy atom. The Bertz CT molecular complexity index is 2180. The van der Waals surface area contributed by atoms with E-state index in [0.717, 1.165) is 18.0 Å². The van der Waals surface area contributed by atoms with E-state index in [4.69, 9.17) is 22.2 Å². The standard InChI is InChI=1S/C34H44Si.C16H20.C4H8Cl2Si/c1-9-35(10-2,33-19(3)17-29-21(5)25-13-11-15-27(25)23(7)31(29)33)34-20(4)18-30-22(6)26-14-12-16-28(26)24(8)32(30)34;1-9-5-13-11(3)15-7-10(2)8-16(15)12(4)14(13)6-9;5-7(6)3-1-2-4-7/h17-18,33-34H,9-16H2,1-8H3;5,10H,6-8H2,1-4H3;1-4H2. The van der Waals surface area contributed by atoms with E-state index in [0.29, 0.717) is 11.1 Å². The largest absolute Gasteiger partial charge is 0.251 e. The number of allylic oxidation sites excluding steroid dienone is 3. The number of hydrogen-bond acceptors (Lipinski definition) is 0. The topological polar surface area (TPSA) is 0 Å². The maximum absolute atomic E-state index is 5.87. The summed E-state index contributed by atoms with van der Waals surface area (Å²) in [5.74, 6) is 0.847. The maximum Gasteiger partial charge on any atom is 0.251 e. The lowest BCUT2D eigenvalue weighted by molar-refractivity contribution is 0.626. The number of rotatable bonds is 4. The first-order chi connectivity index (χ1) is 27.5. The minimum absolute atomic E-state index is 0.657. The van der Waals surface area contributed by atoms with E-state index in [9.17, 15) is 0 Å². The SMILES string of the molecule is CC1=Cc2c(C)c3c(c(C)c2C1)CC(C)C3.CC[Si](CC)(C1C(C)=Cc2c(C)c3c(c(C)c21)CCC3)C1C(C)=Cc2c(C)c3c(c(C)c21)CCC3.Cl[Si]1(Cl)CCCC1. The van der Waals surface area contributed by atoms with Crippen molar-refractivity contribution >= 4 is 55.2 Å². The molecule has 1 aliphatic heterocycles. The highest BCUT2D eigenvalue weighted by molar-refractivity contribution is 7.45. The minimum atomic E-state index is -1.82. The Labute approximate surface area is 364 Å². The molecule has 0 saturated carbocycles. The molecule has 4 heteroatoms. The molecule has 310 valence electrons. The molecule has 0 radical (unpaired) electrons. The molecule has 3 atom stereocenters. The molecule has 0 nitrogen and oxygen atoms in total. The lowest BCUT2D eigenvalue weighted by Crippen LogP contribution is -2.47. The van der Waals surface area contributed by atoms with E-state index in [1.165, 1.54) is 88.3 Å². The van der Waals surface area contributed by atoms with Crippen LogP contribution in [0, 0.1) is 47.5 Å². The highest BCUT2D eigenvalue weighted by Crippen LogP contribution is 2.59. The number of benzene rings is 3. The van der Waals surface area contributed by atoms with Crippen molar-refractivity contribution in [2.24, 2.45) is 5.92 Å². The molecule has 3 aromatic rings. The summed E-state index contributed by atoms with van der Waals surface area (Å²) < 4.78 is 0. The normalized spacial score (nSPS) is 22.9. The summed E-state index contributed by atoms with van der Waals surface area (Å²) in [5.41, 5.74) is 35.9. The van der Waals surface area contributed by atoms with Gasteiger partial charge in [0.15, 0.2) is 0 Å². The number of hydrogen-bond donors (Lipinski definition) is 0. The Morgan fingerprint density at radius 3 is 1.34 bits per heavy atom. The van der Waals surface area contributed by atoms with Gasteiger partial charge in [0.25, 0.3) is 6.69 Å². The van der Waals surface area contributed by atoms with Gasteiger partial charge in [-0.1, -0.05) is 80.6 Å². The van der Waals surface area contributed by atoms with E-state index >= 15 is 0 Å². The third kappa shape index (κ3) is 6.80. The van der Waals surface area contributed by atoms with Crippen LogP contribution in [0.1, 0.15) is 178 Å². The van der Waals surface area contributed by atoms with Crippen LogP contribution in [0.3, 0.4) is 0 Å². The van der Waals surface area contributed by atoms with Gasteiger partial charge in [0.2, 0.25) is 0 Å². The van der Waals surface area contributed by atoms with Gasteiger partial charge >= 0.3 is 0 Å². The average molecular weight is 848 g/mol. The fourth-order valence-corrected chi connectivity index (χ4v) is 23.7. The van der Waals surface area contributed by atoms with Gasteiger partial charge in [0.05, 0.1) is 8.07 Å². The molecular formula is C54H72Cl2Si2. The van der Waals surface area contributed by atoms with E-state index in [-0.39, 0.29) is 0 Å². The molecule has 7 aliphatic rings. The fourth-order valence-electron chi connectivity index (χ4n) is 13.9. The summed E-state index contributed by atoms with van der Waals surface area (Å²) in [6, 6.07) is 4.96. The number of halogens is 2. The fraction of sp³-hybridized carbons (Fsp3) is 0.556. The predicted octanol–water partition coefficient (Wildman–Crippen LogP) is 15.9. The first-order valence-corrected chi connectivity index (χ1v) is 30.4. The van der Waals surface area contributed by atoms with Crippen LogP contribution < -0.4 is 0 Å². The monoisotopic (exact) mass is 846 g/mol. The quantitative estimate of drug-likeness (QED) is 0.181. The molecule has 10 rings (SSSR count). The highest BCUT2D eigenvalue weighted by Gasteiger charge is 2.52. The molecule has 0 aromatic heterocycles. The van der Waals surface area contributed by atoms with Crippen LogP contribution >= 0.6 is 22.2 Å². The Balaban J connectivity index is 0.000000166. The van der Waals surface area contributed by atoms with Crippen molar-refractivity contribution in [2.45, 2.75) is 189 Å². The molecule has 3 aromatic carbocycles. The second kappa shape index (κ2) is 16.0. The van der Waals surface area contributed by atoms with Crippen LogP contribution in [0.2, 0.25) is 24.2 Å². The zero-order chi connectivity index (χ0) is 41.6. The summed E-state index contributed by atoms with van der Waals surface area (Å²) in [6.45, 7) is 27.6. The van der Waals surface area contributed by atoms with E-state index < -0.39 is 14.8 Å². The summed E-state index contributed by atoms with van der Waals surface area (Å²) in [6.07, 6.45) is 21.8. The molecule has 1 heterocycles. The molecule has 3 unspecified atom stereocenters. The van der Waals surface area contributed by atoms with Gasteiger partial charge in [-0.2, -0.15) is 0 Å². The average Bonchev–Trinajstić information content (AvgIpc) is 4.04. The van der Waals surface area contributed by atoms with Crippen molar-refractivity contribution < 1.29 is 0 Å². The summed E-state index contributed by atoms with van der Waals surface area (Å²) >= 11 is 11.7. The Morgan fingerprint density at radius 2 is 0.931 bits per heavy atom. The molecule has 58 heavy (non-hydrogen) atoms. The molecule has 0 N–H and O–H groups in total. The van der Waals surface area contributed by atoms with E-state index in [1.807, 2.05) is 0 Å². The lowest BCUT2D eigenvalue weighted by Gasteiger charge is -2.45. The predicted molar refractivity (Wildman–Crippen MR) is 262 cm³/mol. The van der Waals surface area contributed by atoms with Gasteiger partial charge in [-0.25, -0.2) is 0 Å². The third-order valence-electron chi connectivity index (χ3n) is 16.9. The summed E-state index contributed by atoms with van der Waals surface area (Å²) in [7, 11) is -1.82. The van der Waals surface area contributed by atoms with Crippen molar-refractivity contribution in [3.8, 4) is 0 Å². The Kier molecular flexibility index (Phi) is 11.7. The van der Waals surface area contributed by atoms with Gasteiger partial charge in [-0.3, -0.25) is 0 Å². The van der Waals surface area contributed by atoms with Crippen molar-refractivity contribution in [3.63, 3.8) is 0 Å². The van der Waals surface area contributed by atoms with Crippen molar-refractivity contribution in [3.05, 3.63) is 117 Å². The van der Waals surface area contributed by atoms with Crippen molar-refractivity contribution in [1.29, 1.82) is 0 Å². The zero-order valence-corrected chi connectivity index (χ0v) is 41.8. The summed E-state index contributed by atoms with van der Waals surface area (Å²) in [4.78, 5) is 0. The first kappa shape index (κ1) is 42.6. The van der Waals surface area contributed by atoms with Crippen LogP contribution in [0.5, 0.6) is 0 Å². The smallest absolute Gasteiger partial charge is 0.146 e. The molecule has 6 aliphatic carbocycles. The van der Waals surface area contributed by atoms with Gasteiger partial charge in [0, 0.05) is 11.1 Å². The summed E-state index contributed by atoms with van der Waals surface area (Å²) in [5, 5.41) is 0. The van der Waals surface area contributed by atoms with Crippen LogP contribution in [0.4, 0.5) is 0 Å². The zero-order valence-electron chi connectivity index (χ0n) is 38.3. The molecule has 0 amide bonds.